The van der Waals surface area contributed by atoms with Gasteiger partial charge < -0.3 is 0 Å². The van der Waals surface area contributed by atoms with Crippen molar-refractivity contribution in [1.82, 2.24) is 0 Å². The Labute approximate surface area is 74.4 Å². The van der Waals surface area contributed by atoms with Crippen molar-refractivity contribution in [2.45, 2.75) is 24.1 Å². The molecule has 2 atom stereocenters. The van der Waals surface area contributed by atoms with Crippen LogP contribution in [0.4, 0.5) is 0 Å². The summed E-state index contributed by atoms with van der Waals surface area (Å²) in [4.78, 5) is 22.1. The summed E-state index contributed by atoms with van der Waals surface area (Å²) in [6.07, 6.45) is 1.11. The average molecular weight is 196 g/mol. The first-order chi connectivity index (χ1) is 4.92. The summed E-state index contributed by atoms with van der Waals surface area (Å²) in [5, 5.41) is -0.589. The van der Waals surface area contributed by atoms with Crippen molar-refractivity contribution in [3.05, 3.63) is 0 Å². The highest BCUT2D eigenvalue weighted by molar-refractivity contribution is 6.41. The maximum absolute atomic E-state index is 10.9. The molecule has 0 spiro atoms. The molecule has 3 nitrogen and oxygen atoms in total. The van der Waals surface area contributed by atoms with Gasteiger partial charge in [-0.2, -0.15) is 0 Å². The van der Waals surface area contributed by atoms with Crippen LogP contribution in [0.2, 0.25) is 0 Å². The molecule has 0 heterocycles. The highest BCUT2D eigenvalue weighted by Crippen LogP contribution is 2.24. The number of nitrogens with zero attached hydrogens (tertiary/aromatic N) is 1. The molecular formula is C6H7Cl2NO2. The van der Waals surface area contributed by atoms with Crippen LogP contribution >= 0.6 is 23.2 Å². The number of alkyl halides is 2. The molecule has 0 radical (unpaired) electrons. The Bertz CT molecular complexity index is 207. The summed E-state index contributed by atoms with van der Waals surface area (Å²) in [7, 11) is 0. The van der Waals surface area contributed by atoms with Gasteiger partial charge in [0.05, 0.1) is 5.38 Å². The van der Waals surface area contributed by atoms with Gasteiger partial charge in [0.1, 0.15) is 4.87 Å². The van der Waals surface area contributed by atoms with Crippen LogP contribution in [0.3, 0.4) is 0 Å². The molecule has 0 aromatic rings. The highest BCUT2D eigenvalue weighted by Gasteiger charge is 2.35. The van der Waals surface area contributed by atoms with Crippen molar-refractivity contribution in [2.75, 3.05) is 0 Å². The van der Waals surface area contributed by atoms with Crippen molar-refractivity contribution in [1.29, 1.82) is 0 Å². The van der Waals surface area contributed by atoms with Crippen LogP contribution in [0.5, 0.6) is 0 Å². The zero-order valence-electron chi connectivity index (χ0n) is 6.10. The third-order valence-corrected chi connectivity index (χ3v) is 2.35. The molecule has 0 aromatic heterocycles. The minimum atomic E-state index is -1.32. The van der Waals surface area contributed by atoms with Crippen LogP contribution in [0.15, 0.2) is 4.99 Å². The van der Waals surface area contributed by atoms with E-state index in [4.69, 9.17) is 23.2 Å². The first-order valence-electron chi connectivity index (χ1n) is 2.88. The quantitative estimate of drug-likeness (QED) is 0.381. The van der Waals surface area contributed by atoms with E-state index in [1.807, 2.05) is 0 Å². The molecule has 0 N–H and O–H groups in total. The smallest absolute Gasteiger partial charge is 0.270 e. The Kier molecular flexibility index (Phi) is 3.73. The van der Waals surface area contributed by atoms with Gasteiger partial charge >= 0.3 is 0 Å². The molecule has 0 saturated carbocycles. The van der Waals surface area contributed by atoms with Crippen LogP contribution in [0.25, 0.3) is 0 Å². The van der Waals surface area contributed by atoms with Crippen molar-refractivity contribution in [2.24, 2.45) is 4.99 Å². The number of hydrogen-bond donors (Lipinski definition) is 0. The molecule has 2 unspecified atom stereocenters. The fourth-order valence-electron chi connectivity index (χ4n) is 0.321. The summed E-state index contributed by atoms with van der Waals surface area (Å²) in [5.41, 5.74) is 0. The number of isocyanates is 1. The predicted octanol–water partition coefficient (Wildman–Crippen LogP) is 1.47. The SMILES string of the molecule is CC(Cl)C(C)(Cl)C(=O)N=C=O. The number of rotatable bonds is 2. The number of carbonyl (C=O) groups excluding carboxylic acids is 2. The van der Waals surface area contributed by atoms with Crippen LogP contribution in [0.1, 0.15) is 13.8 Å². The van der Waals surface area contributed by atoms with Crippen molar-refractivity contribution in [3.63, 3.8) is 0 Å². The molecule has 11 heavy (non-hydrogen) atoms. The van der Waals surface area contributed by atoms with Crippen LogP contribution < -0.4 is 0 Å². The lowest BCUT2D eigenvalue weighted by molar-refractivity contribution is -0.119. The van der Waals surface area contributed by atoms with Gasteiger partial charge in [-0.05, 0) is 13.8 Å². The Morgan fingerprint density at radius 2 is 2.18 bits per heavy atom. The van der Waals surface area contributed by atoms with E-state index in [0.717, 1.165) is 6.08 Å². The molecule has 1 amide bonds. The number of carbonyl (C=O) groups is 1. The van der Waals surface area contributed by atoms with Gasteiger partial charge in [0, 0.05) is 0 Å². The van der Waals surface area contributed by atoms with Crippen LogP contribution in [-0.2, 0) is 9.59 Å². The van der Waals surface area contributed by atoms with E-state index in [1.165, 1.54) is 6.92 Å². The second-order valence-electron chi connectivity index (χ2n) is 2.20. The fraction of sp³-hybridized carbons (Fsp3) is 0.667. The molecule has 5 heteroatoms. The molecule has 0 aliphatic heterocycles. The normalized spacial score (nSPS) is 17.8. The van der Waals surface area contributed by atoms with Gasteiger partial charge in [-0.15, -0.1) is 28.2 Å². The largest absolute Gasteiger partial charge is 0.278 e. The second-order valence-corrected chi connectivity index (χ2v) is 3.64. The number of halogens is 2. The lowest BCUT2D eigenvalue weighted by Gasteiger charge is -2.18. The van der Waals surface area contributed by atoms with E-state index in [9.17, 15) is 9.59 Å². The number of hydrogen-bond acceptors (Lipinski definition) is 2. The van der Waals surface area contributed by atoms with E-state index in [1.54, 1.807) is 6.92 Å². The second kappa shape index (κ2) is 3.86. The zero-order chi connectivity index (χ0) is 9.07. The molecule has 0 fully saturated rings. The van der Waals surface area contributed by atoms with Crippen molar-refractivity contribution in [3.8, 4) is 0 Å². The minimum Gasteiger partial charge on any atom is -0.270 e. The van der Waals surface area contributed by atoms with E-state index in [0.29, 0.717) is 0 Å². The topological polar surface area (TPSA) is 46.5 Å². The van der Waals surface area contributed by atoms with Crippen molar-refractivity contribution < 1.29 is 9.59 Å². The van der Waals surface area contributed by atoms with Gasteiger partial charge in [-0.1, -0.05) is 0 Å². The molecule has 0 bridgehead atoms. The molecule has 62 valence electrons. The average Bonchev–Trinajstić information content (AvgIpc) is 1.88. The zero-order valence-corrected chi connectivity index (χ0v) is 7.61. The predicted molar refractivity (Wildman–Crippen MR) is 42.7 cm³/mol. The first kappa shape index (κ1) is 10.6. The van der Waals surface area contributed by atoms with E-state index in [2.05, 4.69) is 4.99 Å². The number of aliphatic imine (C=N–C) groups is 1. The summed E-state index contributed by atoms with van der Waals surface area (Å²) in [5.74, 6) is -0.767. The lowest BCUT2D eigenvalue weighted by atomic mass is 10.1. The Balaban J connectivity index is 4.55. The van der Waals surface area contributed by atoms with E-state index >= 15 is 0 Å². The third kappa shape index (κ3) is 2.62. The number of amides is 1. The summed E-state index contributed by atoms with van der Waals surface area (Å²) in [6.45, 7) is 2.95. The molecule has 0 rings (SSSR count). The molecule has 0 aliphatic carbocycles. The van der Waals surface area contributed by atoms with Gasteiger partial charge in [0.15, 0.2) is 0 Å². The van der Waals surface area contributed by atoms with Gasteiger partial charge in [0.25, 0.3) is 5.91 Å². The van der Waals surface area contributed by atoms with Crippen LogP contribution in [-0.4, -0.2) is 22.2 Å². The summed E-state index contributed by atoms with van der Waals surface area (Å²) in [6, 6.07) is 0. The molecular weight excluding hydrogens is 189 g/mol. The Morgan fingerprint density at radius 3 is 2.45 bits per heavy atom. The van der Waals surface area contributed by atoms with Crippen molar-refractivity contribution >= 4 is 35.2 Å². The maximum atomic E-state index is 10.9. The Hall–Kier alpha value is -0.370. The first-order valence-corrected chi connectivity index (χ1v) is 3.69. The van der Waals surface area contributed by atoms with E-state index in [-0.39, 0.29) is 0 Å². The summed E-state index contributed by atoms with van der Waals surface area (Å²) >= 11 is 11.2. The van der Waals surface area contributed by atoms with E-state index < -0.39 is 16.2 Å². The standard InChI is InChI=1S/C6H7Cl2NO2/c1-4(7)6(2,8)5(11)9-3-10/h4H,1-2H3. The lowest BCUT2D eigenvalue weighted by Crippen LogP contribution is -2.35. The third-order valence-electron chi connectivity index (χ3n) is 1.31. The highest BCUT2D eigenvalue weighted by atomic mass is 35.5. The minimum absolute atomic E-state index is 0.589. The van der Waals surface area contributed by atoms with Gasteiger partial charge in [-0.25, -0.2) is 4.79 Å². The maximum Gasteiger partial charge on any atom is 0.278 e. The molecule has 0 aliphatic rings. The van der Waals surface area contributed by atoms with Gasteiger partial charge in [0.2, 0.25) is 6.08 Å². The monoisotopic (exact) mass is 195 g/mol. The fourth-order valence-corrected chi connectivity index (χ4v) is 0.457. The molecule has 0 saturated heterocycles. The summed E-state index contributed by atoms with van der Waals surface area (Å²) < 4.78 is 0. The molecule has 0 aromatic carbocycles. The Morgan fingerprint density at radius 1 is 1.73 bits per heavy atom. The van der Waals surface area contributed by atoms with Crippen LogP contribution in [0, 0.1) is 0 Å². The van der Waals surface area contributed by atoms with Gasteiger partial charge in [-0.3, -0.25) is 4.79 Å².